The van der Waals surface area contributed by atoms with Gasteiger partial charge in [-0.3, -0.25) is 9.98 Å². The molecule has 0 atom stereocenters. The zero-order valence-corrected chi connectivity index (χ0v) is 12.0. The van der Waals surface area contributed by atoms with Gasteiger partial charge in [0.2, 0.25) is 0 Å². The SMILES string of the molecule is COc1c(C)cnc(CSC2=NCCS2)c1C. The molecular weight excluding hydrogens is 252 g/mol. The zero-order valence-electron chi connectivity index (χ0n) is 10.3. The van der Waals surface area contributed by atoms with Gasteiger partial charge in [0.05, 0.1) is 19.3 Å². The molecule has 1 aromatic rings. The number of pyridine rings is 1. The molecule has 0 unspecified atom stereocenters. The summed E-state index contributed by atoms with van der Waals surface area (Å²) < 4.78 is 6.59. The van der Waals surface area contributed by atoms with Gasteiger partial charge in [0.15, 0.2) is 0 Å². The molecule has 0 amide bonds. The van der Waals surface area contributed by atoms with Crippen LogP contribution in [0, 0.1) is 13.8 Å². The van der Waals surface area contributed by atoms with E-state index in [0.29, 0.717) is 0 Å². The van der Waals surface area contributed by atoms with Crippen LogP contribution in [0.3, 0.4) is 0 Å². The fourth-order valence-corrected chi connectivity index (χ4v) is 3.78. The highest BCUT2D eigenvalue weighted by molar-refractivity contribution is 8.38. The Morgan fingerprint density at radius 1 is 1.47 bits per heavy atom. The second-order valence-corrected chi connectivity index (χ2v) is 6.14. The number of rotatable bonds is 3. The Hall–Kier alpha value is -0.680. The molecule has 1 aliphatic heterocycles. The highest BCUT2D eigenvalue weighted by Gasteiger charge is 2.12. The molecule has 2 heterocycles. The average molecular weight is 268 g/mol. The highest BCUT2D eigenvalue weighted by atomic mass is 32.2. The minimum atomic E-state index is 0.869. The lowest BCUT2D eigenvalue weighted by Crippen LogP contribution is -1.99. The molecule has 1 aliphatic rings. The van der Waals surface area contributed by atoms with E-state index >= 15 is 0 Å². The van der Waals surface area contributed by atoms with Gasteiger partial charge >= 0.3 is 0 Å². The lowest BCUT2D eigenvalue weighted by atomic mass is 10.1. The van der Waals surface area contributed by atoms with E-state index in [4.69, 9.17) is 4.74 Å². The van der Waals surface area contributed by atoms with Crippen molar-refractivity contribution >= 4 is 27.9 Å². The van der Waals surface area contributed by atoms with Crippen LogP contribution in [0.15, 0.2) is 11.2 Å². The summed E-state index contributed by atoms with van der Waals surface area (Å²) in [6, 6.07) is 0. The van der Waals surface area contributed by atoms with E-state index in [1.54, 1.807) is 18.9 Å². The molecule has 0 N–H and O–H groups in total. The minimum Gasteiger partial charge on any atom is -0.496 e. The van der Waals surface area contributed by atoms with Crippen LogP contribution in [0.5, 0.6) is 5.75 Å². The average Bonchev–Trinajstić information content (AvgIpc) is 2.82. The Kier molecular flexibility index (Phi) is 4.34. The van der Waals surface area contributed by atoms with E-state index in [1.807, 2.05) is 24.9 Å². The van der Waals surface area contributed by atoms with Crippen molar-refractivity contribution in [2.24, 2.45) is 4.99 Å². The van der Waals surface area contributed by atoms with Crippen molar-refractivity contribution in [3.63, 3.8) is 0 Å². The molecule has 0 saturated heterocycles. The van der Waals surface area contributed by atoms with Gasteiger partial charge in [-0.2, -0.15) is 0 Å². The van der Waals surface area contributed by atoms with Gasteiger partial charge in [-0.05, 0) is 13.8 Å². The number of hydrogen-bond acceptors (Lipinski definition) is 5. The third-order valence-corrected chi connectivity index (χ3v) is 4.90. The van der Waals surface area contributed by atoms with E-state index in [0.717, 1.165) is 40.6 Å². The summed E-state index contributed by atoms with van der Waals surface area (Å²) in [7, 11) is 1.71. The van der Waals surface area contributed by atoms with Gasteiger partial charge in [-0.25, -0.2) is 0 Å². The topological polar surface area (TPSA) is 34.5 Å². The third-order valence-electron chi connectivity index (χ3n) is 2.64. The summed E-state index contributed by atoms with van der Waals surface area (Å²) in [6.45, 7) is 5.04. The summed E-state index contributed by atoms with van der Waals surface area (Å²) in [5.41, 5.74) is 3.32. The second-order valence-electron chi connectivity index (χ2n) is 3.83. The number of aliphatic imine (C=N–C) groups is 1. The zero-order chi connectivity index (χ0) is 12.3. The number of methoxy groups -OCH3 is 1. The number of aromatic nitrogens is 1. The van der Waals surface area contributed by atoms with Crippen LogP contribution in [0.2, 0.25) is 0 Å². The molecule has 17 heavy (non-hydrogen) atoms. The van der Waals surface area contributed by atoms with Gasteiger partial charge in [0.25, 0.3) is 0 Å². The first-order valence-corrected chi connectivity index (χ1v) is 7.48. The first-order chi connectivity index (χ1) is 8.22. The van der Waals surface area contributed by atoms with Crippen molar-refractivity contribution in [3.8, 4) is 5.75 Å². The summed E-state index contributed by atoms with van der Waals surface area (Å²) in [6.07, 6.45) is 1.88. The van der Waals surface area contributed by atoms with Gasteiger partial charge < -0.3 is 4.74 Å². The number of thioether (sulfide) groups is 2. The molecule has 0 aromatic carbocycles. The van der Waals surface area contributed by atoms with Gasteiger partial charge in [0, 0.05) is 28.8 Å². The van der Waals surface area contributed by atoms with Crippen molar-refractivity contribution in [3.05, 3.63) is 23.0 Å². The first kappa shape index (κ1) is 12.8. The lowest BCUT2D eigenvalue weighted by Gasteiger charge is -2.11. The summed E-state index contributed by atoms with van der Waals surface area (Å²) in [5.74, 6) is 2.94. The largest absolute Gasteiger partial charge is 0.496 e. The van der Waals surface area contributed by atoms with Crippen molar-refractivity contribution in [1.29, 1.82) is 0 Å². The third kappa shape index (κ3) is 2.96. The Bertz CT molecular complexity index is 446. The molecule has 1 aromatic heterocycles. The maximum atomic E-state index is 5.40. The maximum absolute atomic E-state index is 5.40. The van der Waals surface area contributed by atoms with Crippen molar-refractivity contribution < 1.29 is 4.74 Å². The van der Waals surface area contributed by atoms with Crippen LogP contribution in [0.1, 0.15) is 16.8 Å². The van der Waals surface area contributed by atoms with E-state index in [9.17, 15) is 0 Å². The van der Waals surface area contributed by atoms with Crippen LogP contribution in [0.4, 0.5) is 0 Å². The highest BCUT2D eigenvalue weighted by Crippen LogP contribution is 2.29. The Morgan fingerprint density at radius 3 is 2.94 bits per heavy atom. The molecule has 0 aliphatic carbocycles. The predicted octanol–water partition coefficient (Wildman–Crippen LogP) is 3.04. The van der Waals surface area contributed by atoms with E-state index < -0.39 is 0 Å². The van der Waals surface area contributed by atoms with Gasteiger partial charge in [-0.1, -0.05) is 23.5 Å². The number of nitrogens with zero attached hydrogens (tertiary/aromatic N) is 2. The normalized spacial score (nSPS) is 14.9. The number of hydrogen-bond donors (Lipinski definition) is 0. The monoisotopic (exact) mass is 268 g/mol. The van der Waals surface area contributed by atoms with Gasteiger partial charge in [0.1, 0.15) is 10.1 Å². The van der Waals surface area contributed by atoms with Crippen LogP contribution in [0.25, 0.3) is 0 Å². The molecule has 0 fully saturated rings. The predicted molar refractivity (Wildman–Crippen MR) is 76.3 cm³/mol. The Morgan fingerprint density at radius 2 is 2.29 bits per heavy atom. The maximum Gasteiger partial charge on any atom is 0.128 e. The molecule has 0 bridgehead atoms. The molecule has 0 saturated carbocycles. The molecule has 3 nitrogen and oxygen atoms in total. The fraction of sp³-hybridized carbons (Fsp3) is 0.500. The van der Waals surface area contributed by atoms with E-state index in [2.05, 4.69) is 16.9 Å². The molecule has 92 valence electrons. The first-order valence-electron chi connectivity index (χ1n) is 5.51. The molecule has 2 rings (SSSR count). The molecular formula is C12H16N2OS2. The summed E-state index contributed by atoms with van der Waals surface area (Å²) in [4.78, 5) is 8.91. The van der Waals surface area contributed by atoms with Crippen molar-refractivity contribution in [2.75, 3.05) is 19.4 Å². The minimum absolute atomic E-state index is 0.869. The van der Waals surface area contributed by atoms with Crippen molar-refractivity contribution in [1.82, 2.24) is 4.98 Å². The summed E-state index contributed by atoms with van der Waals surface area (Å²) in [5, 5.41) is 0. The number of ether oxygens (including phenoxy) is 1. The smallest absolute Gasteiger partial charge is 0.128 e. The molecule has 0 radical (unpaired) electrons. The van der Waals surface area contributed by atoms with Crippen molar-refractivity contribution in [2.45, 2.75) is 19.6 Å². The van der Waals surface area contributed by atoms with Crippen LogP contribution in [-0.2, 0) is 5.75 Å². The fourth-order valence-electron chi connectivity index (χ4n) is 1.75. The van der Waals surface area contributed by atoms with Crippen LogP contribution in [-0.4, -0.2) is 28.8 Å². The second kappa shape index (κ2) is 5.78. The Labute approximate surface area is 110 Å². The van der Waals surface area contributed by atoms with E-state index in [1.165, 1.54) is 4.38 Å². The standard InChI is InChI=1S/C12H16N2OS2/c1-8-6-14-10(9(2)11(8)15-3)7-17-12-13-4-5-16-12/h6H,4-5,7H2,1-3H3. The molecule has 0 spiro atoms. The quantitative estimate of drug-likeness (QED) is 0.844. The van der Waals surface area contributed by atoms with Crippen LogP contribution < -0.4 is 4.74 Å². The van der Waals surface area contributed by atoms with Crippen LogP contribution >= 0.6 is 23.5 Å². The van der Waals surface area contributed by atoms with E-state index in [-0.39, 0.29) is 0 Å². The van der Waals surface area contributed by atoms with Gasteiger partial charge in [-0.15, -0.1) is 0 Å². The Balaban J connectivity index is 2.10. The molecule has 5 heteroatoms. The lowest BCUT2D eigenvalue weighted by molar-refractivity contribution is 0.407. The number of aryl methyl sites for hydroxylation is 1. The summed E-state index contributed by atoms with van der Waals surface area (Å²) >= 11 is 3.61.